The van der Waals surface area contributed by atoms with E-state index in [-0.39, 0.29) is 5.46 Å². The van der Waals surface area contributed by atoms with Crippen LogP contribution in [0.15, 0.2) is 12.3 Å². The SMILES string of the molecule is OB(O)c1cnc(F)c(F)c1. The van der Waals surface area contributed by atoms with E-state index in [2.05, 4.69) is 4.98 Å². The molecule has 1 aromatic heterocycles. The van der Waals surface area contributed by atoms with Gasteiger partial charge in [0, 0.05) is 11.7 Å². The van der Waals surface area contributed by atoms with Gasteiger partial charge in [0.05, 0.1) is 0 Å². The van der Waals surface area contributed by atoms with Crippen LogP contribution in [0, 0.1) is 11.8 Å². The van der Waals surface area contributed by atoms with E-state index in [0.29, 0.717) is 6.07 Å². The normalized spacial score (nSPS) is 9.82. The summed E-state index contributed by atoms with van der Waals surface area (Å²) in [6.45, 7) is 0. The lowest BCUT2D eigenvalue weighted by atomic mass is 9.82. The highest BCUT2D eigenvalue weighted by atomic mass is 19.2. The lowest BCUT2D eigenvalue weighted by Gasteiger charge is -1.97. The minimum absolute atomic E-state index is 0.177. The van der Waals surface area contributed by atoms with Crippen LogP contribution in [-0.2, 0) is 0 Å². The Kier molecular flexibility index (Phi) is 2.16. The summed E-state index contributed by atoms with van der Waals surface area (Å²) in [6.07, 6.45) is 0.850. The summed E-state index contributed by atoms with van der Waals surface area (Å²) in [7, 11) is -1.82. The Bertz CT molecular complexity index is 269. The highest BCUT2D eigenvalue weighted by molar-refractivity contribution is 6.58. The fourth-order valence-electron chi connectivity index (χ4n) is 0.577. The third-order valence-corrected chi connectivity index (χ3v) is 1.12. The van der Waals surface area contributed by atoms with Crippen molar-refractivity contribution < 1.29 is 18.8 Å². The minimum Gasteiger partial charge on any atom is -0.423 e. The van der Waals surface area contributed by atoms with Crippen molar-refractivity contribution >= 4 is 12.6 Å². The molecule has 3 nitrogen and oxygen atoms in total. The second-order valence-electron chi connectivity index (χ2n) is 1.91. The van der Waals surface area contributed by atoms with E-state index in [1.54, 1.807) is 0 Å². The molecule has 0 aliphatic rings. The largest absolute Gasteiger partial charge is 0.490 e. The van der Waals surface area contributed by atoms with Crippen molar-refractivity contribution in [3.05, 3.63) is 24.0 Å². The van der Waals surface area contributed by atoms with Crippen LogP contribution < -0.4 is 5.46 Å². The molecule has 0 unspecified atom stereocenters. The Morgan fingerprint density at radius 2 is 2.00 bits per heavy atom. The quantitative estimate of drug-likeness (QED) is 0.409. The second kappa shape index (κ2) is 2.94. The molecule has 6 heteroatoms. The number of aromatic nitrogens is 1. The van der Waals surface area contributed by atoms with Crippen molar-refractivity contribution in [2.75, 3.05) is 0 Å². The van der Waals surface area contributed by atoms with Gasteiger partial charge in [0.2, 0.25) is 5.95 Å². The summed E-state index contributed by atoms with van der Waals surface area (Å²) >= 11 is 0. The molecular weight excluding hydrogens is 155 g/mol. The minimum atomic E-state index is -1.82. The van der Waals surface area contributed by atoms with Crippen LogP contribution >= 0.6 is 0 Å². The van der Waals surface area contributed by atoms with Crippen LogP contribution in [0.3, 0.4) is 0 Å². The number of hydrogen-bond donors (Lipinski definition) is 2. The molecule has 0 spiro atoms. The van der Waals surface area contributed by atoms with E-state index >= 15 is 0 Å². The first-order valence-electron chi connectivity index (χ1n) is 2.78. The average molecular weight is 159 g/mol. The van der Waals surface area contributed by atoms with Gasteiger partial charge < -0.3 is 10.0 Å². The molecule has 0 aromatic carbocycles. The lowest BCUT2D eigenvalue weighted by Crippen LogP contribution is -2.30. The highest BCUT2D eigenvalue weighted by Gasteiger charge is 2.13. The van der Waals surface area contributed by atoms with Gasteiger partial charge in [-0.25, -0.2) is 9.37 Å². The van der Waals surface area contributed by atoms with Gasteiger partial charge in [-0.1, -0.05) is 0 Å². The number of nitrogens with zero attached hydrogens (tertiary/aromatic N) is 1. The maximum atomic E-state index is 12.3. The summed E-state index contributed by atoms with van der Waals surface area (Å²) in [6, 6.07) is 0.674. The number of pyridine rings is 1. The van der Waals surface area contributed by atoms with Crippen LogP contribution in [0.1, 0.15) is 0 Å². The fourth-order valence-corrected chi connectivity index (χ4v) is 0.577. The standard InChI is InChI=1S/C5H4BF2NO2/c7-4-1-3(6(10)11)2-9-5(4)8/h1-2,10-11H. The lowest BCUT2D eigenvalue weighted by molar-refractivity contribution is 0.424. The predicted octanol–water partition coefficient (Wildman–Crippen LogP) is -0.960. The van der Waals surface area contributed by atoms with Gasteiger partial charge in [0.15, 0.2) is 5.82 Å². The van der Waals surface area contributed by atoms with E-state index in [1.165, 1.54) is 0 Å². The Hall–Kier alpha value is -1.01. The van der Waals surface area contributed by atoms with Crippen molar-refractivity contribution in [1.82, 2.24) is 4.98 Å². The van der Waals surface area contributed by atoms with E-state index in [9.17, 15) is 8.78 Å². The van der Waals surface area contributed by atoms with Crippen LogP contribution in [0.5, 0.6) is 0 Å². The van der Waals surface area contributed by atoms with Crippen molar-refractivity contribution in [3.8, 4) is 0 Å². The maximum Gasteiger partial charge on any atom is 0.490 e. The second-order valence-corrected chi connectivity index (χ2v) is 1.91. The molecular formula is C5H4BF2NO2. The zero-order chi connectivity index (χ0) is 8.43. The van der Waals surface area contributed by atoms with Crippen molar-refractivity contribution in [1.29, 1.82) is 0 Å². The molecule has 1 aromatic rings. The van der Waals surface area contributed by atoms with Gasteiger partial charge in [-0.05, 0) is 6.07 Å². The van der Waals surface area contributed by atoms with E-state index in [4.69, 9.17) is 10.0 Å². The van der Waals surface area contributed by atoms with Crippen LogP contribution in [0.4, 0.5) is 8.78 Å². The predicted molar refractivity (Wildman–Crippen MR) is 34.0 cm³/mol. The Morgan fingerprint density at radius 1 is 1.36 bits per heavy atom. The summed E-state index contributed by atoms with van der Waals surface area (Å²) in [5.74, 6) is -2.45. The molecule has 11 heavy (non-hydrogen) atoms. The first kappa shape index (κ1) is 8.09. The van der Waals surface area contributed by atoms with Gasteiger partial charge in [-0.3, -0.25) is 0 Å². The van der Waals surface area contributed by atoms with Gasteiger partial charge >= 0.3 is 7.12 Å². The molecule has 0 bridgehead atoms. The fraction of sp³-hybridized carbons (Fsp3) is 0. The Labute approximate surface area is 61.5 Å². The topological polar surface area (TPSA) is 53.4 Å². The third kappa shape index (κ3) is 1.72. The van der Waals surface area contributed by atoms with Crippen molar-refractivity contribution in [2.24, 2.45) is 0 Å². The molecule has 1 rings (SSSR count). The molecule has 2 N–H and O–H groups in total. The average Bonchev–Trinajstić information content (AvgIpc) is 1.94. The van der Waals surface area contributed by atoms with E-state index < -0.39 is 18.9 Å². The molecule has 0 aliphatic heterocycles. The molecule has 58 valence electrons. The van der Waals surface area contributed by atoms with Gasteiger partial charge in [0.25, 0.3) is 0 Å². The van der Waals surface area contributed by atoms with Crippen molar-refractivity contribution in [3.63, 3.8) is 0 Å². The maximum absolute atomic E-state index is 12.3. The third-order valence-electron chi connectivity index (χ3n) is 1.12. The smallest absolute Gasteiger partial charge is 0.423 e. The molecule has 1 heterocycles. The number of halogens is 2. The summed E-state index contributed by atoms with van der Waals surface area (Å²) in [5, 5.41) is 16.9. The van der Waals surface area contributed by atoms with Crippen LogP contribution in [-0.4, -0.2) is 22.2 Å². The monoisotopic (exact) mass is 159 g/mol. The molecule has 0 saturated carbocycles. The van der Waals surface area contributed by atoms with Gasteiger partial charge in [-0.15, -0.1) is 0 Å². The Morgan fingerprint density at radius 3 is 2.45 bits per heavy atom. The number of hydrogen-bond acceptors (Lipinski definition) is 3. The first-order valence-corrected chi connectivity index (χ1v) is 2.78. The van der Waals surface area contributed by atoms with Gasteiger partial charge in [-0.2, -0.15) is 4.39 Å². The van der Waals surface area contributed by atoms with Crippen LogP contribution in [0.25, 0.3) is 0 Å². The van der Waals surface area contributed by atoms with Crippen LogP contribution in [0.2, 0.25) is 0 Å². The zero-order valence-corrected chi connectivity index (χ0v) is 5.33. The molecule has 0 atom stereocenters. The van der Waals surface area contributed by atoms with E-state index in [0.717, 1.165) is 6.20 Å². The summed E-state index contributed by atoms with van der Waals surface area (Å²) < 4.78 is 24.4. The zero-order valence-electron chi connectivity index (χ0n) is 5.33. The van der Waals surface area contributed by atoms with Crippen molar-refractivity contribution in [2.45, 2.75) is 0 Å². The highest BCUT2D eigenvalue weighted by Crippen LogP contribution is 1.97. The Balaban J connectivity index is 3.05. The van der Waals surface area contributed by atoms with Gasteiger partial charge in [0.1, 0.15) is 0 Å². The number of rotatable bonds is 1. The molecule has 0 saturated heterocycles. The van der Waals surface area contributed by atoms with E-state index in [1.807, 2.05) is 0 Å². The molecule has 0 fully saturated rings. The summed E-state index contributed by atoms with van der Waals surface area (Å²) in [4.78, 5) is 2.94. The summed E-state index contributed by atoms with van der Waals surface area (Å²) in [5.41, 5.74) is -0.177. The molecule has 0 radical (unpaired) electrons. The first-order chi connectivity index (χ1) is 5.11. The molecule has 0 amide bonds. The molecule has 0 aliphatic carbocycles.